The normalized spacial score (nSPS) is 9.71. The van der Waals surface area contributed by atoms with Gasteiger partial charge < -0.3 is 5.32 Å². The first-order valence-corrected chi connectivity index (χ1v) is 4.88. The van der Waals surface area contributed by atoms with E-state index >= 15 is 0 Å². The summed E-state index contributed by atoms with van der Waals surface area (Å²) in [6, 6.07) is 5.80. The smallest absolute Gasteiger partial charge is 0.236 e. The van der Waals surface area contributed by atoms with Gasteiger partial charge in [-0.1, -0.05) is 11.6 Å². The van der Waals surface area contributed by atoms with Gasteiger partial charge in [-0.3, -0.25) is 0 Å². The number of aromatic nitrogens is 3. The number of hydrogen-bond donors (Lipinski definition) is 1. The van der Waals surface area contributed by atoms with Crippen molar-refractivity contribution in [3.63, 3.8) is 0 Å². The summed E-state index contributed by atoms with van der Waals surface area (Å²) in [5.74, 6) is -0.462. The van der Waals surface area contributed by atoms with Crippen LogP contribution in [0.15, 0.2) is 24.5 Å². The Bertz CT molecular complexity index is 595. The molecule has 0 aliphatic carbocycles. The number of halogens is 2. The molecule has 0 aliphatic heterocycles. The van der Waals surface area contributed by atoms with E-state index in [-0.39, 0.29) is 17.5 Å². The number of nitrogens with zero attached hydrogens (tertiary/aromatic N) is 4. The minimum atomic E-state index is -0.492. The molecule has 0 fully saturated rings. The van der Waals surface area contributed by atoms with Crippen LogP contribution in [0.4, 0.5) is 16.0 Å². The number of hydrogen-bond acceptors (Lipinski definition) is 5. The first-order chi connectivity index (χ1) is 8.19. The fraction of sp³-hybridized carbons (Fsp3) is 0. The van der Waals surface area contributed by atoms with E-state index in [1.807, 2.05) is 0 Å². The van der Waals surface area contributed by atoms with Crippen LogP contribution in [-0.2, 0) is 0 Å². The van der Waals surface area contributed by atoms with Crippen LogP contribution >= 0.6 is 11.6 Å². The van der Waals surface area contributed by atoms with Crippen LogP contribution in [0.2, 0.25) is 5.02 Å². The van der Waals surface area contributed by atoms with E-state index in [0.29, 0.717) is 5.02 Å². The van der Waals surface area contributed by atoms with Crippen LogP contribution in [0.25, 0.3) is 0 Å². The third kappa shape index (κ3) is 2.65. The molecule has 2 rings (SSSR count). The van der Waals surface area contributed by atoms with E-state index in [4.69, 9.17) is 16.9 Å². The number of anilines is 2. The predicted molar refractivity (Wildman–Crippen MR) is 59.2 cm³/mol. The highest BCUT2D eigenvalue weighted by atomic mass is 35.5. The Morgan fingerprint density at radius 1 is 1.35 bits per heavy atom. The molecule has 1 heterocycles. The molecule has 0 bridgehead atoms. The molecule has 7 heteroatoms. The maximum atomic E-state index is 13.4. The Labute approximate surface area is 101 Å². The third-order valence-electron chi connectivity index (χ3n) is 1.85. The first-order valence-electron chi connectivity index (χ1n) is 4.50. The van der Waals surface area contributed by atoms with Crippen molar-refractivity contribution < 1.29 is 4.39 Å². The summed E-state index contributed by atoms with van der Waals surface area (Å²) in [4.78, 5) is 11.1. The summed E-state index contributed by atoms with van der Waals surface area (Å²) in [6.07, 6.45) is 1.16. The molecule has 84 valence electrons. The lowest BCUT2D eigenvalue weighted by Crippen LogP contribution is -2.01. The third-order valence-corrected chi connectivity index (χ3v) is 2.08. The van der Waals surface area contributed by atoms with Crippen LogP contribution in [0.5, 0.6) is 0 Å². The van der Waals surface area contributed by atoms with Gasteiger partial charge in [0.2, 0.25) is 11.8 Å². The summed E-state index contributed by atoms with van der Waals surface area (Å²) in [5, 5.41) is 11.6. The molecule has 0 atom stereocenters. The van der Waals surface area contributed by atoms with Crippen molar-refractivity contribution in [2.24, 2.45) is 0 Å². The van der Waals surface area contributed by atoms with E-state index in [0.717, 1.165) is 6.33 Å². The topological polar surface area (TPSA) is 74.5 Å². The van der Waals surface area contributed by atoms with E-state index in [1.165, 1.54) is 18.2 Å². The SMILES string of the molecule is N#Cc1ncnc(Nc2cc(Cl)ccc2F)n1. The molecule has 2 aromatic rings. The maximum absolute atomic E-state index is 13.4. The molecule has 5 nitrogen and oxygen atoms in total. The van der Waals surface area contributed by atoms with Gasteiger partial charge in [0, 0.05) is 5.02 Å². The molecule has 1 aromatic carbocycles. The summed E-state index contributed by atoms with van der Waals surface area (Å²) in [6.45, 7) is 0. The molecule has 0 saturated heterocycles. The molecular formula is C10H5ClFN5. The molecule has 0 spiro atoms. The molecular weight excluding hydrogens is 245 g/mol. The Kier molecular flexibility index (Phi) is 3.12. The van der Waals surface area contributed by atoms with Crippen molar-refractivity contribution in [2.45, 2.75) is 0 Å². The largest absolute Gasteiger partial charge is 0.321 e. The average molecular weight is 250 g/mol. The highest BCUT2D eigenvalue weighted by Crippen LogP contribution is 2.21. The number of nitrogens with one attached hydrogen (secondary N) is 1. The molecule has 0 radical (unpaired) electrons. The van der Waals surface area contributed by atoms with Gasteiger partial charge in [-0.2, -0.15) is 10.2 Å². The highest BCUT2D eigenvalue weighted by molar-refractivity contribution is 6.30. The van der Waals surface area contributed by atoms with Gasteiger partial charge in [0.1, 0.15) is 18.2 Å². The lowest BCUT2D eigenvalue weighted by molar-refractivity contribution is 0.631. The van der Waals surface area contributed by atoms with Gasteiger partial charge in [-0.25, -0.2) is 14.4 Å². The van der Waals surface area contributed by atoms with Gasteiger partial charge in [0.15, 0.2) is 0 Å². The summed E-state index contributed by atoms with van der Waals surface area (Å²) >= 11 is 5.73. The van der Waals surface area contributed by atoms with E-state index < -0.39 is 5.82 Å². The van der Waals surface area contributed by atoms with E-state index in [2.05, 4.69) is 20.3 Å². The second kappa shape index (κ2) is 4.72. The van der Waals surface area contributed by atoms with E-state index in [9.17, 15) is 4.39 Å². The predicted octanol–water partition coefficient (Wildman–Crippen LogP) is 2.28. The van der Waals surface area contributed by atoms with Crippen molar-refractivity contribution in [1.29, 1.82) is 5.26 Å². The second-order valence-corrected chi connectivity index (χ2v) is 3.43. The maximum Gasteiger partial charge on any atom is 0.236 e. The average Bonchev–Trinajstić information content (AvgIpc) is 2.34. The minimum absolute atomic E-state index is 0.0510. The van der Waals surface area contributed by atoms with Crippen LogP contribution in [0.1, 0.15) is 5.82 Å². The summed E-state index contributed by atoms with van der Waals surface area (Å²) in [5.41, 5.74) is 0.132. The zero-order valence-electron chi connectivity index (χ0n) is 8.35. The molecule has 17 heavy (non-hydrogen) atoms. The Morgan fingerprint density at radius 3 is 2.94 bits per heavy atom. The minimum Gasteiger partial charge on any atom is -0.321 e. The molecule has 1 aromatic heterocycles. The van der Waals surface area contributed by atoms with Crippen LogP contribution in [0, 0.1) is 17.1 Å². The summed E-state index contributed by atoms with van der Waals surface area (Å²) in [7, 11) is 0. The first kappa shape index (κ1) is 11.2. The zero-order chi connectivity index (χ0) is 12.3. The van der Waals surface area contributed by atoms with Gasteiger partial charge in [-0.05, 0) is 18.2 Å². The monoisotopic (exact) mass is 249 g/mol. The molecule has 0 amide bonds. The Hall–Kier alpha value is -2.26. The molecule has 0 unspecified atom stereocenters. The standard InChI is InChI=1S/C10H5ClFN5/c11-6-1-2-7(12)8(3-6)16-10-15-5-14-9(4-13)17-10/h1-3,5H,(H,14,15,16,17). The quantitative estimate of drug-likeness (QED) is 0.884. The van der Waals surface area contributed by atoms with Crippen molar-refractivity contribution in [3.8, 4) is 6.07 Å². The van der Waals surface area contributed by atoms with Crippen molar-refractivity contribution in [3.05, 3.63) is 41.2 Å². The summed E-state index contributed by atoms with van der Waals surface area (Å²) < 4.78 is 13.4. The van der Waals surface area contributed by atoms with E-state index in [1.54, 1.807) is 6.07 Å². The fourth-order valence-electron chi connectivity index (χ4n) is 1.12. The van der Waals surface area contributed by atoms with Gasteiger partial charge >= 0.3 is 0 Å². The second-order valence-electron chi connectivity index (χ2n) is 2.99. The fourth-order valence-corrected chi connectivity index (χ4v) is 1.30. The van der Waals surface area contributed by atoms with Crippen LogP contribution in [-0.4, -0.2) is 15.0 Å². The zero-order valence-corrected chi connectivity index (χ0v) is 9.11. The van der Waals surface area contributed by atoms with Gasteiger partial charge in [0.25, 0.3) is 0 Å². The van der Waals surface area contributed by atoms with Crippen molar-refractivity contribution in [2.75, 3.05) is 5.32 Å². The highest BCUT2D eigenvalue weighted by Gasteiger charge is 2.05. The van der Waals surface area contributed by atoms with Gasteiger partial charge in [0.05, 0.1) is 5.69 Å². The number of nitriles is 1. The Morgan fingerprint density at radius 2 is 2.18 bits per heavy atom. The molecule has 0 saturated carbocycles. The molecule has 0 aliphatic rings. The molecule has 1 N–H and O–H groups in total. The van der Waals surface area contributed by atoms with Gasteiger partial charge in [-0.15, -0.1) is 0 Å². The van der Waals surface area contributed by atoms with Crippen molar-refractivity contribution in [1.82, 2.24) is 15.0 Å². The Balaban J connectivity index is 2.31. The van der Waals surface area contributed by atoms with Crippen molar-refractivity contribution >= 4 is 23.2 Å². The number of benzene rings is 1. The van der Waals surface area contributed by atoms with Crippen LogP contribution < -0.4 is 5.32 Å². The number of rotatable bonds is 2. The lowest BCUT2D eigenvalue weighted by atomic mass is 10.3. The lowest BCUT2D eigenvalue weighted by Gasteiger charge is -2.05. The van der Waals surface area contributed by atoms with Crippen LogP contribution in [0.3, 0.4) is 0 Å².